The minimum absolute atomic E-state index is 0.000586. The number of carbonyl (C=O) groups excluding carboxylic acids is 2. The molecule has 0 radical (unpaired) electrons. The number of ketones is 2. The van der Waals surface area contributed by atoms with Crippen molar-refractivity contribution in [2.75, 3.05) is 0 Å². The molecule has 3 rings (SSSR count). The molecule has 6 nitrogen and oxygen atoms in total. The van der Waals surface area contributed by atoms with Crippen LogP contribution in [0.15, 0.2) is 34.1 Å². The molecule has 0 spiro atoms. The SMILES string of the molecule is CCCC(C)(C)CC[C@@](C)(CCC(C)(C)[C@]1(C)CC[C@H]2C(C)(C)C(=O)C(C#N)=C[C@]2(C)/C1=C/C(C)=O)c1nnco1. The van der Waals surface area contributed by atoms with Gasteiger partial charge in [-0.15, -0.1) is 10.2 Å². The van der Waals surface area contributed by atoms with Crippen LogP contribution in [0.1, 0.15) is 133 Å². The van der Waals surface area contributed by atoms with E-state index in [2.05, 4.69) is 71.7 Å². The summed E-state index contributed by atoms with van der Waals surface area (Å²) in [5.41, 5.74) is -0.551. The first-order valence-corrected chi connectivity index (χ1v) is 15.5. The minimum Gasteiger partial charge on any atom is -0.427 e. The Morgan fingerprint density at radius 2 is 1.73 bits per heavy atom. The molecule has 0 bridgehead atoms. The number of hydrogen-bond donors (Lipinski definition) is 0. The van der Waals surface area contributed by atoms with E-state index in [1.165, 1.54) is 12.8 Å². The monoisotopic (exact) mass is 563 g/mol. The van der Waals surface area contributed by atoms with Gasteiger partial charge in [0.05, 0.1) is 5.57 Å². The molecular weight excluding hydrogens is 510 g/mol. The van der Waals surface area contributed by atoms with Crippen molar-refractivity contribution >= 4 is 11.6 Å². The van der Waals surface area contributed by atoms with Crippen molar-refractivity contribution in [2.24, 2.45) is 33.0 Å². The van der Waals surface area contributed by atoms with E-state index in [4.69, 9.17) is 4.42 Å². The zero-order valence-corrected chi connectivity index (χ0v) is 27.5. The van der Waals surface area contributed by atoms with Crippen LogP contribution in [0.3, 0.4) is 0 Å². The van der Waals surface area contributed by atoms with E-state index in [0.717, 1.165) is 50.5 Å². The van der Waals surface area contributed by atoms with Crippen LogP contribution >= 0.6 is 0 Å². The number of Topliss-reactive ketones (excluding diaryl/α,β-unsaturated/α-hetero) is 1. The molecule has 0 aromatic carbocycles. The van der Waals surface area contributed by atoms with Gasteiger partial charge >= 0.3 is 0 Å². The summed E-state index contributed by atoms with van der Waals surface area (Å²) in [6, 6.07) is 2.18. The maximum atomic E-state index is 13.3. The van der Waals surface area contributed by atoms with Gasteiger partial charge in [0, 0.05) is 16.2 Å². The van der Waals surface area contributed by atoms with Crippen LogP contribution < -0.4 is 0 Å². The Labute approximate surface area is 248 Å². The quantitative estimate of drug-likeness (QED) is 0.250. The second-order valence-electron chi connectivity index (χ2n) is 15.7. The highest BCUT2D eigenvalue weighted by molar-refractivity contribution is 6.04. The van der Waals surface area contributed by atoms with E-state index in [0.29, 0.717) is 5.89 Å². The Hall–Kier alpha value is -2.55. The summed E-state index contributed by atoms with van der Waals surface area (Å²) in [5.74, 6) is 0.613. The first kappa shape index (κ1) is 33.0. The van der Waals surface area contributed by atoms with Crippen molar-refractivity contribution in [3.05, 3.63) is 35.6 Å². The first-order chi connectivity index (χ1) is 18.8. The molecule has 1 aromatic rings. The van der Waals surface area contributed by atoms with Gasteiger partial charge in [-0.3, -0.25) is 9.59 Å². The summed E-state index contributed by atoms with van der Waals surface area (Å²) >= 11 is 0. The van der Waals surface area contributed by atoms with E-state index in [1.807, 2.05) is 26.0 Å². The first-order valence-electron chi connectivity index (χ1n) is 15.5. The molecule has 41 heavy (non-hydrogen) atoms. The van der Waals surface area contributed by atoms with Crippen molar-refractivity contribution in [1.29, 1.82) is 5.26 Å². The van der Waals surface area contributed by atoms with E-state index in [1.54, 1.807) is 6.92 Å². The van der Waals surface area contributed by atoms with Gasteiger partial charge in [-0.25, -0.2) is 0 Å². The highest BCUT2D eigenvalue weighted by Gasteiger charge is 2.61. The number of allylic oxidation sites excluding steroid dienone is 4. The van der Waals surface area contributed by atoms with Crippen LogP contribution in [0.4, 0.5) is 0 Å². The fraction of sp³-hybridized carbons (Fsp3) is 0.743. The molecule has 6 heteroatoms. The topological polar surface area (TPSA) is 96.8 Å². The van der Waals surface area contributed by atoms with Crippen molar-refractivity contribution in [2.45, 2.75) is 133 Å². The van der Waals surface area contributed by atoms with E-state index in [-0.39, 0.29) is 44.7 Å². The van der Waals surface area contributed by atoms with Gasteiger partial charge in [-0.05, 0) is 80.1 Å². The fourth-order valence-electron chi connectivity index (χ4n) is 8.17. The molecule has 0 amide bonds. The number of nitriles is 1. The summed E-state index contributed by atoms with van der Waals surface area (Å²) in [7, 11) is 0. The lowest BCUT2D eigenvalue weighted by atomic mass is 9.42. The molecule has 2 aliphatic carbocycles. The van der Waals surface area contributed by atoms with E-state index in [9.17, 15) is 14.9 Å². The lowest BCUT2D eigenvalue weighted by molar-refractivity contribution is -0.131. The number of rotatable bonds is 11. The molecule has 1 aromatic heterocycles. The Bertz CT molecular complexity index is 1250. The molecular formula is C35H53N3O3. The van der Waals surface area contributed by atoms with Gasteiger partial charge in [0.2, 0.25) is 12.3 Å². The van der Waals surface area contributed by atoms with Crippen LogP contribution in [0.25, 0.3) is 0 Å². The number of aromatic nitrogens is 2. The van der Waals surface area contributed by atoms with Gasteiger partial charge in [-0.1, -0.05) is 87.3 Å². The van der Waals surface area contributed by atoms with Crippen LogP contribution in [0.5, 0.6) is 0 Å². The van der Waals surface area contributed by atoms with Crippen molar-refractivity contribution in [3.63, 3.8) is 0 Å². The standard InChI is InChI=1S/C35H53N3O3/c1-12-14-30(3,4)16-18-33(9,29-38-37-23-41-29)19-17-31(5,6)35(11)15-13-26-32(7,8)28(40)25(22-36)21-34(26,10)27(35)20-24(2)39/h20-21,23,26H,12-19H2,1-11H3/b27-20-/t26-,33-,34-,35+/m0/s1. The molecule has 0 aliphatic heterocycles. The zero-order valence-electron chi connectivity index (χ0n) is 27.5. The van der Waals surface area contributed by atoms with Crippen molar-refractivity contribution < 1.29 is 14.0 Å². The Morgan fingerprint density at radius 3 is 2.27 bits per heavy atom. The van der Waals surface area contributed by atoms with Crippen molar-refractivity contribution in [3.8, 4) is 6.07 Å². The summed E-state index contributed by atoms with van der Waals surface area (Å²) < 4.78 is 5.83. The molecule has 0 unspecified atom stereocenters. The zero-order chi connectivity index (χ0) is 31.1. The number of nitrogens with zero attached hydrogens (tertiary/aromatic N) is 3. The van der Waals surface area contributed by atoms with Crippen LogP contribution in [0, 0.1) is 44.3 Å². The van der Waals surface area contributed by atoms with E-state index < -0.39 is 10.8 Å². The third-order valence-corrected chi connectivity index (χ3v) is 11.4. The third kappa shape index (κ3) is 6.02. The van der Waals surface area contributed by atoms with Crippen molar-refractivity contribution in [1.82, 2.24) is 10.2 Å². The predicted octanol–water partition coefficient (Wildman–Crippen LogP) is 8.74. The number of carbonyl (C=O) groups is 2. The molecule has 2 aliphatic rings. The second-order valence-corrected chi connectivity index (χ2v) is 15.7. The highest BCUT2D eigenvalue weighted by Crippen LogP contribution is 2.67. The molecule has 0 saturated heterocycles. The summed E-state index contributed by atoms with van der Waals surface area (Å²) in [4.78, 5) is 26.0. The van der Waals surface area contributed by atoms with Gasteiger partial charge in [0.15, 0.2) is 11.6 Å². The van der Waals surface area contributed by atoms with Crippen LogP contribution in [-0.4, -0.2) is 21.8 Å². The average molecular weight is 564 g/mol. The highest BCUT2D eigenvalue weighted by atomic mass is 16.4. The van der Waals surface area contributed by atoms with Gasteiger partial charge < -0.3 is 4.42 Å². The van der Waals surface area contributed by atoms with Gasteiger partial charge in [0.1, 0.15) is 6.07 Å². The normalized spacial score (nSPS) is 28.9. The Morgan fingerprint density at radius 1 is 1.10 bits per heavy atom. The summed E-state index contributed by atoms with van der Waals surface area (Å²) in [6.45, 7) is 23.8. The largest absolute Gasteiger partial charge is 0.427 e. The average Bonchev–Trinajstić information content (AvgIpc) is 3.42. The summed E-state index contributed by atoms with van der Waals surface area (Å²) in [6.07, 6.45) is 13.0. The molecule has 0 N–H and O–H groups in total. The molecule has 1 fully saturated rings. The minimum atomic E-state index is -0.683. The maximum absolute atomic E-state index is 13.3. The van der Waals surface area contributed by atoms with Crippen LogP contribution in [0.2, 0.25) is 0 Å². The van der Waals surface area contributed by atoms with Gasteiger partial charge in [0.25, 0.3) is 0 Å². The maximum Gasteiger partial charge on any atom is 0.222 e. The van der Waals surface area contributed by atoms with E-state index >= 15 is 0 Å². The van der Waals surface area contributed by atoms with Crippen LogP contribution in [-0.2, 0) is 15.0 Å². The Kier molecular flexibility index (Phi) is 9.06. The molecule has 1 heterocycles. The lowest BCUT2D eigenvalue weighted by Gasteiger charge is -2.61. The molecule has 1 saturated carbocycles. The second kappa shape index (κ2) is 11.3. The predicted molar refractivity (Wildman–Crippen MR) is 163 cm³/mol. The molecule has 4 atom stereocenters. The van der Waals surface area contributed by atoms with Gasteiger partial charge in [-0.2, -0.15) is 5.26 Å². The fourth-order valence-corrected chi connectivity index (χ4v) is 8.17. The number of hydrogen-bond acceptors (Lipinski definition) is 6. The molecule has 226 valence electrons. The number of fused-ring (bicyclic) bond motifs is 1. The smallest absolute Gasteiger partial charge is 0.222 e. The summed E-state index contributed by atoms with van der Waals surface area (Å²) in [5, 5.41) is 18.3. The Balaban J connectivity index is 2.03. The third-order valence-electron chi connectivity index (χ3n) is 11.4. The lowest BCUT2D eigenvalue weighted by Crippen LogP contribution is -2.55.